The van der Waals surface area contributed by atoms with E-state index in [0.717, 1.165) is 5.92 Å². The second-order valence-electron chi connectivity index (χ2n) is 7.13. The molecule has 3 rings (SSSR count). The highest BCUT2D eigenvalue weighted by Crippen LogP contribution is 2.40. The molecule has 0 bridgehead atoms. The highest BCUT2D eigenvalue weighted by Gasteiger charge is 2.25. The Bertz CT molecular complexity index is 682. The first-order valence-corrected chi connectivity index (χ1v) is 8.98. The number of hydrogen-bond acceptors (Lipinski definition) is 2. The SMILES string of the molecule is CCC1CCC(c2ncncc2-c2ccc(C)c(C)c2C)CC1. The summed E-state index contributed by atoms with van der Waals surface area (Å²) in [4.78, 5) is 9.04. The summed E-state index contributed by atoms with van der Waals surface area (Å²) in [6.45, 7) is 8.94. The van der Waals surface area contributed by atoms with Crippen molar-refractivity contribution >= 4 is 0 Å². The molecule has 0 radical (unpaired) electrons. The maximum absolute atomic E-state index is 4.71. The molecule has 1 aromatic carbocycles. The van der Waals surface area contributed by atoms with Crippen LogP contribution in [0.2, 0.25) is 0 Å². The number of aromatic nitrogens is 2. The van der Waals surface area contributed by atoms with E-state index in [1.165, 1.54) is 65.6 Å². The van der Waals surface area contributed by atoms with Gasteiger partial charge in [-0.15, -0.1) is 0 Å². The van der Waals surface area contributed by atoms with Gasteiger partial charge >= 0.3 is 0 Å². The summed E-state index contributed by atoms with van der Waals surface area (Å²) < 4.78 is 0. The molecule has 2 nitrogen and oxygen atoms in total. The summed E-state index contributed by atoms with van der Waals surface area (Å²) in [6.07, 6.45) is 10.3. The molecule has 0 N–H and O–H groups in total. The van der Waals surface area contributed by atoms with Crippen LogP contribution in [0.25, 0.3) is 11.1 Å². The minimum absolute atomic E-state index is 0.594. The Balaban J connectivity index is 1.98. The third-order valence-corrected chi connectivity index (χ3v) is 5.90. The molecule has 0 amide bonds. The Hall–Kier alpha value is -1.70. The van der Waals surface area contributed by atoms with Crippen LogP contribution in [0.3, 0.4) is 0 Å². The Morgan fingerprint density at radius 3 is 2.39 bits per heavy atom. The number of hydrogen-bond donors (Lipinski definition) is 0. The molecule has 2 heteroatoms. The average molecular weight is 308 g/mol. The lowest BCUT2D eigenvalue weighted by Crippen LogP contribution is -2.14. The lowest BCUT2D eigenvalue weighted by atomic mass is 9.78. The Morgan fingerprint density at radius 2 is 1.70 bits per heavy atom. The van der Waals surface area contributed by atoms with Crippen LogP contribution in [-0.4, -0.2) is 9.97 Å². The summed E-state index contributed by atoms with van der Waals surface area (Å²) in [6, 6.07) is 4.47. The maximum Gasteiger partial charge on any atom is 0.115 e. The molecule has 0 spiro atoms. The molecule has 1 aliphatic carbocycles. The van der Waals surface area contributed by atoms with E-state index in [-0.39, 0.29) is 0 Å². The van der Waals surface area contributed by atoms with Crippen molar-refractivity contribution < 1.29 is 0 Å². The van der Waals surface area contributed by atoms with E-state index in [0.29, 0.717) is 5.92 Å². The van der Waals surface area contributed by atoms with Gasteiger partial charge in [-0.3, -0.25) is 0 Å². The Morgan fingerprint density at radius 1 is 0.957 bits per heavy atom. The monoisotopic (exact) mass is 308 g/mol. The van der Waals surface area contributed by atoms with Crippen LogP contribution >= 0.6 is 0 Å². The molecule has 0 atom stereocenters. The van der Waals surface area contributed by atoms with Gasteiger partial charge in [-0.25, -0.2) is 9.97 Å². The molecule has 1 fully saturated rings. The van der Waals surface area contributed by atoms with Crippen molar-refractivity contribution in [2.45, 2.75) is 65.7 Å². The van der Waals surface area contributed by atoms with Gasteiger partial charge in [-0.2, -0.15) is 0 Å². The smallest absolute Gasteiger partial charge is 0.115 e. The zero-order valence-corrected chi connectivity index (χ0v) is 14.9. The fourth-order valence-electron chi connectivity index (χ4n) is 3.96. The van der Waals surface area contributed by atoms with Crippen LogP contribution < -0.4 is 0 Å². The van der Waals surface area contributed by atoms with E-state index < -0.39 is 0 Å². The van der Waals surface area contributed by atoms with E-state index in [2.05, 4.69) is 44.8 Å². The second kappa shape index (κ2) is 6.82. The van der Waals surface area contributed by atoms with Gasteiger partial charge in [-0.1, -0.05) is 25.5 Å². The Labute approximate surface area is 140 Å². The summed E-state index contributed by atoms with van der Waals surface area (Å²) in [7, 11) is 0. The molecule has 0 saturated heterocycles. The van der Waals surface area contributed by atoms with Crippen molar-refractivity contribution in [3.63, 3.8) is 0 Å². The van der Waals surface area contributed by atoms with E-state index >= 15 is 0 Å². The van der Waals surface area contributed by atoms with E-state index in [4.69, 9.17) is 4.98 Å². The molecule has 1 saturated carbocycles. The zero-order chi connectivity index (χ0) is 16.4. The van der Waals surface area contributed by atoms with Crippen LogP contribution in [0.1, 0.15) is 67.3 Å². The fourth-order valence-corrected chi connectivity index (χ4v) is 3.96. The standard InChI is InChI=1S/C21H28N2/c1-5-17-7-9-18(10-8-17)21-20(12-22-13-23-21)19-11-6-14(2)15(3)16(19)4/h6,11-13,17-18H,5,7-10H2,1-4H3. The molecule has 1 heterocycles. The van der Waals surface area contributed by atoms with Crippen molar-refractivity contribution in [3.05, 3.63) is 47.0 Å². The predicted molar refractivity (Wildman–Crippen MR) is 96.7 cm³/mol. The third kappa shape index (κ3) is 3.17. The lowest BCUT2D eigenvalue weighted by Gasteiger charge is -2.28. The second-order valence-corrected chi connectivity index (χ2v) is 7.13. The van der Waals surface area contributed by atoms with Crippen molar-refractivity contribution in [2.24, 2.45) is 5.92 Å². The largest absolute Gasteiger partial charge is 0.244 e. The summed E-state index contributed by atoms with van der Waals surface area (Å²) in [5, 5.41) is 0. The van der Waals surface area contributed by atoms with Crippen LogP contribution in [-0.2, 0) is 0 Å². The van der Waals surface area contributed by atoms with Crippen LogP contribution in [0, 0.1) is 26.7 Å². The number of rotatable bonds is 3. The van der Waals surface area contributed by atoms with Gasteiger partial charge in [0.15, 0.2) is 0 Å². The minimum atomic E-state index is 0.594. The van der Waals surface area contributed by atoms with Crippen LogP contribution in [0.15, 0.2) is 24.7 Å². The molecule has 2 aromatic rings. The quantitative estimate of drug-likeness (QED) is 0.721. The number of benzene rings is 1. The van der Waals surface area contributed by atoms with Gasteiger partial charge < -0.3 is 0 Å². The molecule has 0 unspecified atom stereocenters. The highest BCUT2D eigenvalue weighted by atomic mass is 14.8. The third-order valence-electron chi connectivity index (χ3n) is 5.90. The van der Waals surface area contributed by atoms with Crippen molar-refractivity contribution in [1.29, 1.82) is 0 Å². The molecule has 1 aliphatic rings. The first-order valence-electron chi connectivity index (χ1n) is 8.98. The summed E-state index contributed by atoms with van der Waals surface area (Å²) >= 11 is 0. The van der Waals surface area contributed by atoms with Gasteiger partial charge in [0.2, 0.25) is 0 Å². The maximum atomic E-state index is 4.71. The van der Waals surface area contributed by atoms with E-state index in [1.54, 1.807) is 6.33 Å². The lowest BCUT2D eigenvalue weighted by molar-refractivity contribution is 0.316. The normalized spacial score (nSPS) is 21.4. The van der Waals surface area contributed by atoms with Gasteiger partial charge in [0.1, 0.15) is 6.33 Å². The van der Waals surface area contributed by atoms with Gasteiger partial charge in [-0.05, 0) is 74.6 Å². The molecular formula is C21H28N2. The van der Waals surface area contributed by atoms with Crippen molar-refractivity contribution in [2.75, 3.05) is 0 Å². The van der Waals surface area contributed by atoms with Crippen molar-refractivity contribution in [3.8, 4) is 11.1 Å². The molecule has 23 heavy (non-hydrogen) atoms. The zero-order valence-electron chi connectivity index (χ0n) is 14.9. The highest BCUT2D eigenvalue weighted by molar-refractivity contribution is 5.71. The molecule has 122 valence electrons. The first-order chi connectivity index (χ1) is 11.1. The van der Waals surface area contributed by atoms with Crippen LogP contribution in [0.5, 0.6) is 0 Å². The summed E-state index contributed by atoms with van der Waals surface area (Å²) in [5.74, 6) is 1.51. The molecule has 0 aliphatic heterocycles. The predicted octanol–water partition coefficient (Wildman–Crippen LogP) is 5.75. The average Bonchev–Trinajstić information content (AvgIpc) is 2.60. The van der Waals surface area contributed by atoms with Crippen molar-refractivity contribution in [1.82, 2.24) is 9.97 Å². The molecular weight excluding hydrogens is 280 g/mol. The summed E-state index contributed by atoms with van der Waals surface area (Å²) in [5.41, 5.74) is 7.92. The first kappa shape index (κ1) is 16.2. The number of nitrogens with zero attached hydrogens (tertiary/aromatic N) is 2. The fraction of sp³-hybridized carbons (Fsp3) is 0.524. The van der Waals surface area contributed by atoms with E-state index in [9.17, 15) is 0 Å². The van der Waals surface area contributed by atoms with Gasteiger partial charge in [0.25, 0.3) is 0 Å². The van der Waals surface area contributed by atoms with Gasteiger partial charge in [0, 0.05) is 17.7 Å². The minimum Gasteiger partial charge on any atom is -0.244 e. The Kier molecular flexibility index (Phi) is 4.79. The van der Waals surface area contributed by atoms with E-state index in [1.807, 2.05) is 6.20 Å². The molecule has 1 aromatic heterocycles. The number of aryl methyl sites for hydroxylation is 1. The topological polar surface area (TPSA) is 25.8 Å². The van der Waals surface area contributed by atoms with Gasteiger partial charge in [0.05, 0.1) is 5.69 Å². The van der Waals surface area contributed by atoms with Crippen LogP contribution in [0.4, 0.5) is 0 Å².